The predicted molar refractivity (Wildman–Crippen MR) is 174 cm³/mol. The maximum absolute atomic E-state index is 16.9. The summed E-state index contributed by atoms with van der Waals surface area (Å²) < 4.78 is 49.4. The molecule has 1 N–H and O–H groups in total. The molecule has 4 aromatic rings. The van der Waals surface area contributed by atoms with Crippen molar-refractivity contribution in [3.05, 3.63) is 47.7 Å². The minimum Gasteiger partial charge on any atom is -0.508 e. The summed E-state index contributed by atoms with van der Waals surface area (Å²) >= 11 is 0. The first-order valence-corrected chi connectivity index (χ1v) is 16.5. The number of pyridine rings is 1. The lowest BCUT2D eigenvalue weighted by molar-refractivity contribution is -0.115. The minimum atomic E-state index is -0.730. The number of rotatable bonds is 6. The molecule has 2 unspecified atom stereocenters. The van der Waals surface area contributed by atoms with Crippen molar-refractivity contribution in [2.45, 2.75) is 50.6 Å². The smallest absolute Gasteiger partial charge is 0.319 e. The summed E-state index contributed by atoms with van der Waals surface area (Å²) in [5.41, 5.74) is 0.0489. The van der Waals surface area contributed by atoms with Gasteiger partial charge in [0.1, 0.15) is 28.6 Å². The van der Waals surface area contributed by atoms with E-state index in [0.29, 0.717) is 61.6 Å². The maximum Gasteiger partial charge on any atom is 0.319 e. The summed E-state index contributed by atoms with van der Waals surface area (Å²) in [5, 5.41) is 11.7. The molecule has 5 heterocycles. The highest BCUT2D eigenvalue weighted by Gasteiger charge is 2.51. The van der Waals surface area contributed by atoms with Crippen molar-refractivity contribution >= 4 is 27.5 Å². The molecule has 11 heteroatoms. The van der Waals surface area contributed by atoms with Crippen LogP contribution in [0.2, 0.25) is 0 Å². The number of hydrogen-bond acceptors (Lipinski definition) is 9. The molecule has 3 saturated heterocycles. The van der Waals surface area contributed by atoms with Gasteiger partial charge in [-0.25, -0.2) is 8.78 Å². The fourth-order valence-corrected chi connectivity index (χ4v) is 8.23. The van der Waals surface area contributed by atoms with Gasteiger partial charge < -0.3 is 24.2 Å². The number of likely N-dealkylation sites (tertiary alicyclic amines) is 1. The van der Waals surface area contributed by atoms with Gasteiger partial charge in [0.15, 0.2) is 5.82 Å². The lowest BCUT2D eigenvalue weighted by atomic mass is 9.75. The lowest BCUT2D eigenvalue weighted by Gasteiger charge is -2.51. The molecule has 1 aliphatic carbocycles. The number of piperidine rings is 1. The molecule has 0 radical (unpaired) electrons. The number of ether oxygens (including phenoxy) is 3. The maximum atomic E-state index is 16.9. The van der Waals surface area contributed by atoms with Gasteiger partial charge >= 0.3 is 6.01 Å². The molecule has 2 atom stereocenters. The van der Waals surface area contributed by atoms with E-state index < -0.39 is 11.6 Å². The Morgan fingerprint density at radius 1 is 1.04 bits per heavy atom. The highest BCUT2D eigenvalue weighted by Crippen LogP contribution is 2.49. The number of benzene rings is 2. The Morgan fingerprint density at radius 2 is 1.91 bits per heavy atom. The van der Waals surface area contributed by atoms with Gasteiger partial charge in [0.25, 0.3) is 0 Å². The van der Waals surface area contributed by atoms with Crippen LogP contribution in [-0.4, -0.2) is 89.7 Å². The fraction of sp³-hybridized carbons (Fsp3) is 0.472. The van der Waals surface area contributed by atoms with Crippen molar-refractivity contribution in [1.29, 1.82) is 0 Å². The number of phenolic OH excluding ortho intramolecular Hbond substituents is 1. The van der Waals surface area contributed by atoms with Crippen molar-refractivity contribution in [1.82, 2.24) is 19.9 Å². The molecule has 0 bridgehead atoms. The van der Waals surface area contributed by atoms with E-state index in [2.05, 4.69) is 25.7 Å². The summed E-state index contributed by atoms with van der Waals surface area (Å²) in [7, 11) is 0. The highest BCUT2D eigenvalue weighted by molar-refractivity contribution is 6.03. The van der Waals surface area contributed by atoms with E-state index in [1.54, 1.807) is 0 Å². The molecule has 47 heavy (non-hydrogen) atoms. The van der Waals surface area contributed by atoms with Gasteiger partial charge in [-0.3, -0.25) is 9.88 Å². The average Bonchev–Trinajstić information content (AvgIpc) is 3.30. The van der Waals surface area contributed by atoms with E-state index in [0.717, 1.165) is 58.3 Å². The molecular weight excluding hydrogens is 604 g/mol. The van der Waals surface area contributed by atoms with Crippen molar-refractivity contribution in [2.24, 2.45) is 5.41 Å². The largest absolute Gasteiger partial charge is 0.508 e. The zero-order valence-corrected chi connectivity index (χ0v) is 26.2. The summed E-state index contributed by atoms with van der Waals surface area (Å²) in [6.45, 7) is 5.46. The van der Waals surface area contributed by atoms with Crippen LogP contribution in [0.5, 0.6) is 11.8 Å². The van der Waals surface area contributed by atoms with Gasteiger partial charge in [-0.2, -0.15) is 9.97 Å². The minimum absolute atomic E-state index is 0.0269. The molecule has 0 amide bonds. The summed E-state index contributed by atoms with van der Waals surface area (Å²) in [6.07, 6.45) is 13.5. The Bertz CT molecular complexity index is 1890. The number of aromatic nitrogens is 3. The van der Waals surface area contributed by atoms with Crippen LogP contribution in [0.4, 0.5) is 14.6 Å². The van der Waals surface area contributed by atoms with Crippen LogP contribution in [0.3, 0.4) is 0 Å². The number of anilines is 1. The third-order valence-corrected chi connectivity index (χ3v) is 10.5. The van der Waals surface area contributed by atoms with E-state index in [-0.39, 0.29) is 44.9 Å². The predicted octanol–water partition coefficient (Wildman–Crippen LogP) is 5.45. The standard InChI is InChI=1S/C36H37F2N5O4/c1-2-25-28(37)8-7-22-16-24(44)17-26(30(22)25)32-31(38)33-27(18-39-32)34(42-11-5-14-45-15-13-42)41-35(40-33)47-21-36-9-3-6-29(36)43(12-4-10-36)23-19-46-20-23/h1,7-8,16-18,23,29,44H,3-6,9-15,19-21H2. The molecule has 9 nitrogen and oxygen atoms in total. The van der Waals surface area contributed by atoms with Crippen molar-refractivity contribution < 1.29 is 28.1 Å². The second-order valence-corrected chi connectivity index (χ2v) is 13.2. The number of halogens is 2. The molecule has 244 valence electrons. The molecule has 3 aliphatic heterocycles. The van der Waals surface area contributed by atoms with Crippen LogP contribution in [0.1, 0.15) is 44.1 Å². The second-order valence-electron chi connectivity index (χ2n) is 13.2. The quantitative estimate of drug-likeness (QED) is 0.276. The SMILES string of the molecule is C#Cc1c(F)ccc2cc(O)cc(-c3ncc4c(N5CCCOCC5)nc(OCC56CCCC5N(C5COC5)CCC6)nc4c3F)c12. The average molecular weight is 642 g/mol. The van der Waals surface area contributed by atoms with E-state index in [9.17, 15) is 9.50 Å². The third kappa shape index (κ3) is 5.23. The zero-order valence-electron chi connectivity index (χ0n) is 26.2. The lowest BCUT2D eigenvalue weighted by Crippen LogP contribution is -2.60. The number of hydrogen-bond donors (Lipinski definition) is 1. The fourth-order valence-electron chi connectivity index (χ4n) is 8.23. The number of nitrogens with zero attached hydrogens (tertiary/aromatic N) is 5. The number of phenols is 1. The summed E-state index contributed by atoms with van der Waals surface area (Å²) in [4.78, 5) is 18.7. The van der Waals surface area contributed by atoms with Crippen LogP contribution < -0.4 is 9.64 Å². The third-order valence-electron chi connectivity index (χ3n) is 10.5. The van der Waals surface area contributed by atoms with E-state index in [1.807, 2.05) is 0 Å². The first kappa shape index (κ1) is 30.2. The van der Waals surface area contributed by atoms with Crippen molar-refractivity contribution in [2.75, 3.05) is 57.6 Å². The van der Waals surface area contributed by atoms with Gasteiger partial charge in [-0.05, 0) is 62.2 Å². The molecule has 4 fully saturated rings. The van der Waals surface area contributed by atoms with Crippen molar-refractivity contribution in [3.63, 3.8) is 0 Å². The van der Waals surface area contributed by atoms with E-state index >= 15 is 4.39 Å². The number of aromatic hydroxyl groups is 1. The van der Waals surface area contributed by atoms with Crippen molar-refractivity contribution in [3.8, 4) is 35.4 Å². The Balaban J connectivity index is 1.23. The molecule has 2 aromatic carbocycles. The van der Waals surface area contributed by atoms with Gasteiger partial charge in [0.2, 0.25) is 0 Å². The Morgan fingerprint density at radius 3 is 2.74 bits per heavy atom. The van der Waals surface area contributed by atoms with Crippen LogP contribution in [0, 0.1) is 29.4 Å². The van der Waals surface area contributed by atoms with Gasteiger partial charge in [0.05, 0.1) is 43.4 Å². The Labute approximate surface area is 271 Å². The van der Waals surface area contributed by atoms with Crippen LogP contribution in [0.25, 0.3) is 32.9 Å². The van der Waals surface area contributed by atoms with Crippen LogP contribution >= 0.6 is 0 Å². The van der Waals surface area contributed by atoms with E-state index in [1.165, 1.54) is 30.5 Å². The first-order valence-electron chi connectivity index (χ1n) is 16.5. The highest BCUT2D eigenvalue weighted by atomic mass is 19.1. The first-order chi connectivity index (χ1) is 23.0. The number of terminal acetylenes is 1. The number of fused-ring (bicyclic) bond motifs is 3. The Hall–Kier alpha value is -4.11. The van der Waals surface area contributed by atoms with Crippen LogP contribution in [0.15, 0.2) is 30.5 Å². The van der Waals surface area contributed by atoms with Crippen LogP contribution in [-0.2, 0) is 9.47 Å². The molecule has 2 aromatic heterocycles. The molecule has 4 aliphatic rings. The molecular formula is C36H37F2N5O4. The molecule has 8 rings (SSSR count). The van der Waals surface area contributed by atoms with Gasteiger partial charge in [-0.1, -0.05) is 18.4 Å². The topological polar surface area (TPSA) is 93.1 Å². The monoisotopic (exact) mass is 641 g/mol. The van der Waals surface area contributed by atoms with Gasteiger partial charge in [-0.15, -0.1) is 6.42 Å². The van der Waals surface area contributed by atoms with E-state index in [4.69, 9.17) is 25.6 Å². The zero-order chi connectivity index (χ0) is 32.1. The summed E-state index contributed by atoms with van der Waals surface area (Å²) in [5.74, 6) is 1.45. The Kier molecular flexibility index (Phi) is 7.82. The van der Waals surface area contributed by atoms with Gasteiger partial charge in [0, 0.05) is 48.3 Å². The molecule has 0 spiro atoms. The molecule has 1 saturated carbocycles. The second kappa shape index (κ2) is 12.2. The normalized spacial score (nSPS) is 23.8. The summed E-state index contributed by atoms with van der Waals surface area (Å²) in [6, 6.07) is 6.53.